The smallest absolute Gasteiger partial charge is 0.325 e. The van der Waals surface area contributed by atoms with E-state index in [9.17, 15) is 4.79 Å². The normalized spacial score (nSPS) is 11.4. The van der Waals surface area contributed by atoms with Crippen LogP contribution in [0.25, 0.3) is 0 Å². The number of aromatic nitrogens is 2. The number of rotatable bonds is 5. The largest absolute Gasteiger partial charge is 0.444 e. The van der Waals surface area contributed by atoms with Gasteiger partial charge in [-0.1, -0.05) is 44.2 Å². The lowest BCUT2D eigenvalue weighted by Gasteiger charge is -2.12. The van der Waals surface area contributed by atoms with Gasteiger partial charge in [-0.3, -0.25) is 5.32 Å². The fourth-order valence-electron chi connectivity index (χ4n) is 2.10. The lowest BCUT2D eigenvalue weighted by molar-refractivity contribution is 0.262. The average molecular weight is 404 g/mol. The number of amides is 2. The number of hydrogen-bond acceptors (Lipinski definition) is 7. The first-order chi connectivity index (χ1) is 12.8. The Balaban J connectivity index is 1.53. The predicted octanol–water partition coefficient (Wildman–Crippen LogP) is 4.95. The topological polar surface area (TPSA) is 106 Å². The van der Waals surface area contributed by atoms with Gasteiger partial charge >= 0.3 is 6.03 Å². The molecule has 0 aliphatic carbocycles. The first-order valence-electron chi connectivity index (χ1n) is 8.27. The van der Waals surface area contributed by atoms with Gasteiger partial charge < -0.3 is 15.5 Å². The van der Waals surface area contributed by atoms with Crippen LogP contribution in [0.4, 0.5) is 21.3 Å². The lowest BCUT2D eigenvalue weighted by Crippen LogP contribution is -2.19. The highest BCUT2D eigenvalue weighted by Crippen LogP contribution is 2.32. The van der Waals surface area contributed by atoms with Gasteiger partial charge in [0.05, 0.1) is 33.7 Å². The van der Waals surface area contributed by atoms with Crippen molar-refractivity contribution in [3.8, 4) is 0 Å². The number of thioether (sulfide) groups is 1. The number of benzene rings is 1. The van der Waals surface area contributed by atoms with Crippen LogP contribution in [0.2, 0.25) is 0 Å². The van der Waals surface area contributed by atoms with Gasteiger partial charge in [0.15, 0.2) is 5.13 Å². The minimum absolute atomic E-state index is 0.0625. The number of oxazole rings is 1. The van der Waals surface area contributed by atoms with E-state index in [2.05, 4.69) is 41.4 Å². The molecule has 0 bridgehead atoms. The van der Waals surface area contributed by atoms with Crippen LogP contribution in [0.5, 0.6) is 0 Å². The van der Waals surface area contributed by atoms with E-state index in [1.807, 2.05) is 0 Å². The maximum absolute atomic E-state index is 12.1. The molecule has 0 radical (unpaired) electrons. The number of nitrogens with one attached hydrogen (secondary N) is 2. The summed E-state index contributed by atoms with van der Waals surface area (Å²) in [4.78, 5) is 20.6. The summed E-state index contributed by atoms with van der Waals surface area (Å²) in [6, 6.07) is 6.68. The molecule has 27 heavy (non-hydrogen) atoms. The van der Waals surface area contributed by atoms with Crippen LogP contribution in [0, 0.1) is 0 Å². The summed E-state index contributed by atoms with van der Waals surface area (Å²) in [5.74, 6) is 2.14. The van der Waals surface area contributed by atoms with Crippen molar-refractivity contribution in [2.24, 2.45) is 0 Å². The van der Waals surface area contributed by atoms with Crippen molar-refractivity contribution in [2.75, 3.05) is 16.4 Å². The maximum Gasteiger partial charge on any atom is 0.325 e. The zero-order valence-electron chi connectivity index (χ0n) is 15.3. The van der Waals surface area contributed by atoms with Crippen LogP contribution in [-0.4, -0.2) is 16.0 Å². The van der Waals surface area contributed by atoms with Crippen molar-refractivity contribution in [3.63, 3.8) is 0 Å². The summed E-state index contributed by atoms with van der Waals surface area (Å²) < 4.78 is 6.74. The van der Waals surface area contributed by atoms with E-state index >= 15 is 0 Å². The summed E-state index contributed by atoms with van der Waals surface area (Å²) in [6.07, 6.45) is 3.49. The summed E-state index contributed by atoms with van der Waals surface area (Å²) in [5, 5.41) is 5.92. The number of nitrogen functional groups attached to an aromatic ring is 1. The molecular weight excluding hydrogens is 382 g/mol. The van der Waals surface area contributed by atoms with Crippen molar-refractivity contribution in [2.45, 2.75) is 36.1 Å². The van der Waals surface area contributed by atoms with E-state index in [-0.39, 0.29) is 11.4 Å². The zero-order valence-corrected chi connectivity index (χ0v) is 16.9. The second kappa shape index (κ2) is 8.01. The Morgan fingerprint density at radius 3 is 2.70 bits per heavy atom. The summed E-state index contributed by atoms with van der Waals surface area (Å²) in [7, 11) is 0. The Morgan fingerprint density at radius 1 is 1.22 bits per heavy atom. The van der Waals surface area contributed by atoms with Crippen molar-refractivity contribution in [1.29, 1.82) is 0 Å². The molecule has 0 spiro atoms. The third-order valence-corrected chi connectivity index (χ3v) is 5.64. The standard InChI is InChI=1S/C18H21N5O2S2/c1-18(2,3)13-8-20-14(25-13)10-26-15-9-21-17(27-15)23-16(24)22-12-7-5-4-6-11(12)19/h4-9H,10,19H2,1-3H3,(H2,21,22,23,24). The molecule has 9 heteroatoms. The highest BCUT2D eigenvalue weighted by atomic mass is 32.2. The minimum atomic E-state index is -0.388. The Morgan fingerprint density at radius 2 is 2.00 bits per heavy atom. The third kappa shape index (κ3) is 5.24. The Kier molecular flexibility index (Phi) is 5.71. The van der Waals surface area contributed by atoms with Crippen molar-refractivity contribution in [3.05, 3.63) is 48.3 Å². The molecule has 2 heterocycles. The van der Waals surface area contributed by atoms with Gasteiger partial charge in [0.25, 0.3) is 0 Å². The van der Waals surface area contributed by atoms with Gasteiger partial charge in [0, 0.05) is 5.41 Å². The van der Waals surface area contributed by atoms with Crippen LogP contribution in [-0.2, 0) is 11.2 Å². The number of carbonyl (C=O) groups excluding carboxylic acids is 1. The van der Waals surface area contributed by atoms with Crippen LogP contribution in [0.3, 0.4) is 0 Å². The highest BCUT2D eigenvalue weighted by Gasteiger charge is 2.19. The van der Waals surface area contributed by atoms with E-state index in [1.165, 1.54) is 11.3 Å². The quantitative estimate of drug-likeness (QED) is 0.411. The molecule has 0 atom stereocenters. The summed E-state index contributed by atoms with van der Waals surface area (Å²) in [6.45, 7) is 6.25. The monoisotopic (exact) mass is 403 g/mol. The molecular formula is C18H21N5O2S2. The van der Waals surface area contributed by atoms with E-state index in [0.717, 1.165) is 9.97 Å². The lowest BCUT2D eigenvalue weighted by atomic mass is 9.94. The Hall–Kier alpha value is -2.52. The average Bonchev–Trinajstić information content (AvgIpc) is 3.24. The molecule has 0 aliphatic rings. The number of carbonyl (C=O) groups is 1. The van der Waals surface area contributed by atoms with Gasteiger partial charge in [0.2, 0.25) is 5.89 Å². The first kappa shape index (κ1) is 19.2. The zero-order chi connectivity index (χ0) is 19.4. The second-order valence-corrected chi connectivity index (χ2v) is 9.11. The van der Waals surface area contributed by atoms with Gasteiger partial charge in [-0.05, 0) is 12.1 Å². The minimum Gasteiger partial charge on any atom is -0.444 e. The molecule has 142 valence electrons. The SMILES string of the molecule is CC(C)(C)c1cnc(CSc2cnc(NC(=O)Nc3ccccc3N)s2)o1. The molecule has 0 aliphatic heterocycles. The second-order valence-electron chi connectivity index (χ2n) is 6.81. The van der Waals surface area contributed by atoms with E-state index in [4.69, 9.17) is 10.2 Å². The van der Waals surface area contributed by atoms with Gasteiger partial charge in [-0.2, -0.15) is 0 Å². The highest BCUT2D eigenvalue weighted by molar-refractivity contribution is 8.00. The number of nitrogens with two attached hydrogens (primary N) is 1. The fraction of sp³-hybridized carbons (Fsp3) is 0.278. The predicted molar refractivity (Wildman–Crippen MR) is 110 cm³/mol. The van der Waals surface area contributed by atoms with Crippen molar-refractivity contribution in [1.82, 2.24) is 9.97 Å². The summed E-state index contributed by atoms with van der Waals surface area (Å²) >= 11 is 2.95. The van der Waals surface area contributed by atoms with E-state index in [1.54, 1.807) is 48.4 Å². The van der Waals surface area contributed by atoms with E-state index in [0.29, 0.717) is 28.1 Å². The first-order valence-corrected chi connectivity index (χ1v) is 10.1. The van der Waals surface area contributed by atoms with Crippen molar-refractivity contribution < 1.29 is 9.21 Å². The van der Waals surface area contributed by atoms with Crippen LogP contribution >= 0.6 is 23.1 Å². The van der Waals surface area contributed by atoms with Crippen LogP contribution < -0.4 is 16.4 Å². The van der Waals surface area contributed by atoms with Gasteiger partial charge in [-0.15, -0.1) is 11.8 Å². The van der Waals surface area contributed by atoms with Gasteiger partial charge in [-0.25, -0.2) is 14.8 Å². The van der Waals surface area contributed by atoms with Crippen molar-refractivity contribution >= 4 is 45.6 Å². The summed E-state index contributed by atoms with van der Waals surface area (Å²) in [5.41, 5.74) is 6.81. The maximum atomic E-state index is 12.1. The molecule has 2 amide bonds. The molecule has 0 saturated carbocycles. The molecule has 4 N–H and O–H groups in total. The number of anilines is 3. The van der Waals surface area contributed by atoms with Crippen LogP contribution in [0.1, 0.15) is 32.4 Å². The number of thiazole rings is 1. The number of hydrogen-bond donors (Lipinski definition) is 3. The molecule has 0 unspecified atom stereocenters. The Labute approximate surface area is 165 Å². The molecule has 3 aromatic rings. The molecule has 3 rings (SSSR count). The van der Waals surface area contributed by atoms with Crippen LogP contribution in [0.15, 0.2) is 45.3 Å². The Bertz CT molecular complexity index is 930. The van der Waals surface area contributed by atoms with Gasteiger partial charge in [0.1, 0.15) is 5.76 Å². The number of nitrogens with zero attached hydrogens (tertiary/aromatic N) is 2. The molecule has 7 nitrogen and oxygen atoms in total. The number of urea groups is 1. The molecule has 0 fully saturated rings. The fourth-order valence-corrected chi connectivity index (χ4v) is 3.82. The number of para-hydroxylation sites is 2. The van der Waals surface area contributed by atoms with E-state index < -0.39 is 0 Å². The molecule has 2 aromatic heterocycles. The third-order valence-electron chi connectivity index (χ3n) is 3.54. The molecule has 1 aromatic carbocycles. The molecule has 0 saturated heterocycles.